The van der Waals surface area contributed by atoms with Crippen LogP contribution in [0.1, 0.15) is 28.8 Å². The Balaban J connectivity index is 1.71. The summed E-state index contributed by atoms with van der Waals surface area (Å²) in [6.07, 6.45) is 2.43. The molecule has 2 aromatic carbocycles. The van der Waals surface area contributed by atoms with Crippen molar-refractivity contribution in [3.05, 3.63) is 64.8 Å². The molecule has 0 bridgehead atoms. The van der Waals surface area contributed by atoms with Gasteiger partial charge in [-0.3, -0.25) is 0 Å². The second-order valence-corrected chi connectivity index (χ2v) is 8.82. The van der Waals surface area contributed by atoms with E-state index in [-0.39, 0.29) is 5.41 Å². The summed E-state index contributed by atoms with van der Waals surface area (Å²) in [6, 6.07) is 14.9. The molecular weight excluding hydrogens is 348 g/mol. The number of ether oxygens (including phenoxy) is 1. The highest BCUT2D eigenvalue weighted by Crippen LogP contribution is 2.51. The van der Waals surface area contributed by atoms with Crippen molar-refractivity contribution in [1.29, 1.82) is 0 Å². The summed E-state index contributed by atoms with van der Waals surface area (Å²) in [5, 5.41) is 13.4. The van der Waals surface area contributed by atoms with Gasteiger partial charge in [-0.25, -0.2) is 0 Å². The van der Waals surface area contributed by atoms with Crippen molar-refractivity contribution in [1.82, 2.24) is 9.88 Å². The van der Waals surface area contributed by atoms with Crippen LogP contribution in [0.5, 0.6) is 5.75 Å². The number of hydrogen-bond acceptors (Lipinski definition) is 3. The number of aromatic nitrogens is 1. The van der Waals surface area contributed by atoms with Crippen LogP contribution in [0.4, 0.5) is 0 Å². The van der Waals surface area contributed by atoms with Gasteiger partial charge in [0.1, 0.15) is 5.75 Å². The molecule has 146 valence electrons. The SMILES string of the molecule is COc1cccc(C23CCN(C)CC2(O)Cc2c([nH]c4cc(C)ccc24)C3)c1. The molecule has 3 aromatic rings. The number of aryl methyl sites for hydroxylation is 1. The number of benzene rings is 2. The predicted octanol–water partition coefficient (Wildman–Crippen LogP) is 3.59. The Hall–Kier alpha value is -2.30. The monoisotopic (exact) mass is 376 g/mol. The molecule has 4 nitrogen and oxygen atoms in total. The molecule has 0 saturated carbocycles. The molecule has 28 heavy (non-hydrogen) atoms. The number of nitrogens with zero attached hydrogens (tertiary/aromatic N) is 1. The number of hydrogen-bond donors (Lipinski definition) is 2. The van der Waals surface area contributed by atoms with Crippen LogP contribution in [-0.2, 0) is 18.3 Å². The highest BCUT2D eigenvalue weighted by atomic mass is 16.5. The number of aliphatic hydroxyl groups is 1. The number of likely N-dealkylation sites (N-methyl/N-ethyl adjacent to an activating group) is 1. The lowest BCUT2D eigenvalue weighted by molar-refractivity contribution is -0.0972. The smallest absolute Gasteiger partial charge is 0.119 e. The molecule has 1 aromatic heterocycles. The number of H-pyrrole nitrogens is 1. The van der Waals surface area contributed by atoms with E-state index in [1.54, 1.807) is 7.11 Å². The minimum Gasteiger partial charge on any atom is -0.497 e. The zero-order valence-electron chi connectivity index (χ0n) is 16.9. The van der Waals surface area contributed by atoms with Crippen LogP contribution < -0.4 is 4.74 Å². The first-order valence-electron chi connectivity index (χ1n) is 10.1. The van der Waals surface area contributed by atoms with E-state index >= 15 is 0 Å². The highest BCUT2D eigenvalue weighted by molar-refractivity contribution is 5.86. The van der Waals surface area contributed by atoms with Gasteiger partial charge in [-0.05, 0) is 61.8 Å². The van der Waals surface area contributed by atoms with E-state index in [1.165, 1.54) is 33.3 Å². The summed E-state index contributed by atoms with van der Waals surface area (Å²) in [6.45, 7) is 3.79. The minimum absolute atomic E-state index is 0.309. The van der Waals surface area contributed by atoms with Gasteiger partial charge in [0.05, 0.1) is 12.7 Å². The molecule has 4 heteroatoms. The summed E-state index contributed by atoms with van der Waals surface area (Å²) in [7, 11) is 3.82. The fourth-order valence-electron chi connectivity index (χ4n) is 5.58. The second kappa shape index (κ2) is 6.10. The van der Waals surface area contributed by atoms with Crippen molar-refractivity contribution in [2.45, 2.75) is 37.2 Å². The number of rotatable bonds is 2. The Morgan fingerprint density at radius 2 is 2.00 bits per heavy atom. The topological polar surface area (TPSA) is 48.5 Å². The molecule has 1 aliphatic carbocycles. The molecule has 2 atom stereocenters. The van der Waals surface area contributed by atoms with Crippen LogP contribution in [-0.4, -0.2) is 47.8 Å². The molecule has 0 amide bonds. The van der Waals surface area contributed by atoms with Gasteiger partial charge in [0.2, 0.25) is 0 Å². The number of fused-ring (bicyclic) bond motifs is 4. The van der Waals surface area contributed by atoms with E-state index in [0.29, 0.717) is 13.0 Å². The number of β-amino-alcohol motifs (C(OH)–C–C–N with tert-alkyl or cyclic N) is 1. The number of aromatic amines is 1. The Labute approximate surface area is 166 Å². The third-order valence-electron chi connectivity index (χ3n) is 7.06. The number of nitrogens with one attached hydrogen (secondary N) is 1. The van der Waals surface area contributed by atoms with Crippen molar-refractivity contribution in [2.24, 2.45) is 0 Å². The molecule has 2 unspecified atom stereocenters. The van der Waals surface area contributed by atoms with Crippen LogP contribution in [0.15, 0.2) is 42.5 Å². The van der Waals surface area contributed by atoms with Gasteiger partial charge in [-0.1, -0.05) is 24.3 Å². The third-order valence-corrected chi connectivity index (χ3v) is 7.06. The van der Waals surface area contributed by atoms with E-state index in [2.05, 4.69) is 54.2 Å². The van der Waals surface area contributed by atoms with E-state index in [4.69, 9.17) is 4.74 Å². The minimum atomic E-state index is -0.806. The zero-order valence-corrected chi connectivity index (χ0v) is 16.9. The average Bonchev–Trinajstić information content (AvgIpc) is 3.01. The Bertz CT molecular complexity index is 1060. The lowest BCUT2D eigenvalue weighted by Crippen LogP contribution is -2.65. The molecule has 5 rings (SSSR count). The molecule has 0 radical (unpaired) electrons. The van der Waals surface area contributed by atoms with Crippen LogP contribution in [0.2, 0.25) is 0 Å². The van der Waals surface area contributed by atoms with E-state index in [1.807, 2.05) is 12.1 Å². The highest BCUT2D eigenvalue weighted by Gasteiger charge is 2.57. The van der Waals surface area contributed by atoms with Crippen molar-refractivity contribution in [2.75, 3.05) is 27.2 Å². The van der Waals surface area contributed by atoms with Crippen molar-refractivity contribution in [3.63, 3.8) is 0 Å². The maximum absolute atomic E-state index is 12.1. The summed E-state index contributed by atoms with van der Waals surface area (Å²) in [5.74, 6) is 0.853. The molecule has 2 aliphatic rings. The molecular formula is C24H28N2O2. The zero-order chi connectivity index (χ0) is 19.5. The largest absolute Gasteiger partial charge is 0.497 e. The Morgan fingerprint density at radius 1 is 1.14 bits per heavy atom. The number of likely N-dealkylation sites (tertiary alicyclic amines) is 1. The van der Waals surface area contributed by atoms with Gasteiger partial charge < -0.3 is 19.7 Å². The summed E-state index contributed by atoms with van der Waals surface area (Å²) >= 11 is 0. The third kappa shape index (κ3) is 2.44. The van der Waals surface area contributed by atoms with E-state index in [0.717, 1.165) is 25.1 Å². The van der Waals surface area contributed by atoms with Gasteiger partial charge in [-0.2, -0.15) is 0 Å². The first-order chi connectivity index (χ1) is 13.4. The maximum Gasteiger partial charge on any atom is 0.119 e. The predicted molar refractivity (Wildman–Crippen MR) is 112 cm³/mol. The molecule has 2 heterocycles. The number of methoxy groups -OCH3 is 1. The van der Waals surface area contributed by atoms with Gasteiger partial charge in [0, 0.05) is 41.4 Å². The number of piperidine rings is 1. The Morgan fingerprint density at radius 3 is 2.82 bits per heavy atom. The normalized spacial score (nSPS) is 27.4. The van der Waals surface area contributed by atoms with Crippen molar-refractivity contribution < 1.29 is 9.84 Å². The molecule has 1 saturated heterocycles. The summed E-state index contributed by atoms with van der Waals surface area (Å²) in [5.41, 5.74) is 5.06. The van der Waals surface area contributed by atoms with Gasteiger partial charge >= 0.3 is 0 Å². The summed E-state index contributed by atoms with van der Waals surface area (Å²) < 4.78 is 5.51. The molecule has 2 N–H and O–H groups in total. The van der Waals surface area contributed by atoms with Gasteiger partial charge in [0.15, 0.2) is 0 Å². The fraction of sp³-hybridized carbons (Fsp3) is 0.417. The van der Waals surface area contributed by atoms with Crippen LogP contribution in [0, 0.1) is 6.92 Å². The quantitative estimate of drug-likeness (QED) is 0.719. The fourth-order valence-corrected chi connectivity index (χ4v) is 5.58. The average molecular weight is 377 g/mol. The second-order valence-electron chi connectivity index (χ2n) is 8.82. The van der Waals surface area contributed by atoms with Gasteiger partial charge in [0.25, 0.3) is 0 Å². The Kier molecular flexibility index (Phi) is 3.87. The van der Waals surface area contributed by atoms with E-state index in [9.17, 15) is 5.11 Å². The van der Waals surface area contributed by atoms with Crippen LogP contribution >= 0.6 is 0 Å². The van der Waals surface area contributed by atoms with Crippen molar-refractivity contribution >= 4 is 10.9 Å². The first kappa shape index (κ1) is 17.8. The first-order valence-corrected chi connectivity index (χ1v) is 10.1. The standard InChI is InChI=1S/C24H28N2O2/c1-16-7-8-19-20-13-24(27)15-26(2)10-9-23(24,14-22(20)25-21(19)11-16)17-5-4-6-18(12-17)28-3/h4-8,11-12,25,27H,9-10,13-15H2,1-3H3. The summed E-state index contributed by atoms with van der Waals surface area (Å²) in [4.78, 5) is 5.95. The molecule has 1 aliphatic heterocycles. The maximum atomic E-state index is 12.1. The van der Waals surface area contributed by atoms with E-state index < -0.39 is 5.60 Å². The van der Waals surface area contributed by atoms with Crippen LogP contribution in [0.3, 0.4) is 0 Å². The van der Waals surface area contributed by atoms with Gasteiger partial charge in [-0.15, -0.1) is 0 Å². The van der Waals surface area contributed by atoms with Crippen LogP contribution in [0.25, 0.3) is 10.9 Å². The molecule has 0 spiro atoms. The molecule has 1 fully saturated rings. The van der Waals surface area contributed by atoms with Crippen molar-refractivity contribution in [3.8, 4) is 5.75 Å². The lowest BCUT2D eigenvalue weighted by Gasteiger charge is -2.56. The lowest BCUT2D eigenvalue weighted by atomic mass is 9.56.